The summed E-state index contributed by atoms with van der Waals surface area (Å²) >= 11 is 0. The van der Waals surface area contributed by atoms with E-state index in [0.717, 1.165) is 12.2 Å². The highest BCUT2D eigenvalue weighted by Crippen LogP contribution is 2.28. The van der Waals surface area contributed by atoms with Gasteiger partial charge in [-0.15, -0.1) is 0 Å². The van der Waals surface area contributed by atoms with E-state index in [0.29, 0.717) is 18.0 Å². The molecule has 1 heterocycles. The number of benzene rings is 1. The van der Waals surface area contributed by atoms with Gasteiger partial charge in [-0.1, -0.05) is 29.8 Å². The number of pyridine rings is 1. The van der Waals surface area contributed by atoms with Gasteiger partial charge in [0.05, 0.1) is 19.9 Å². The van der Waals surface area contributed by atoms with Gasteiger partial charge in [-0.3, -0.25) is 4.98 Å². The van der Waals surface area contributed by atoms with Gasteiger partial charge >= 0.3 is 0 Å². The average Bonchev–Trinajstić information content (AvgIpc) is 2.49. The van der Waals surface area contributed by atoms with Gasteiger partial charge in [-0.25, -0.2) is 0 Å². The summed E-state index contributed by atoms with van der Waals surface area (Å²) in [7, 11) is 3.25. The van der Waals surface area contributed by atoms with Crippen molar-refractivity contribution in [3.63, 3.8) is 0 Å². The quantitative estimate of drug-likeness (QED) is 0.878. The Balaban J connectivity index is 1.98. The molecule has 0 radical (unpaired) electrons. The zero-order valence-corrected chi connectivity index (χ0v) is 12.1. The largest absolute Gasteiger partial charge is 0.493 e. The molecule has 0 spiro atoms. The maximum absolute atomic E-state index is 5.36. The maximum Gasteiger partial charge on any atom is 0.183 e. The van der Waals surface area contributed by atoms with E-state index in [1.54, 1.807) is 26.5 Å². The molecule has 20 heavy (non-hydrogen) atoms. The molecular formula is C16H20N2O2. The molecule has 0 aliphatic heterocycles. The van der Waals surface area contributed by atoms with Crippen molar-refractivity contribution >= 4 is 0 Å². The molecule has 0 fully saturated rings. The molecule has 1 aromatic heterocycles. The Morgan fingerprint density at radius 2 is 1.75 bits per heavy atom. The third kappa shape index (κ3) is 3.48. The van der Waals surface area contributed by atoms with Crippen LogP contribution >= 0.6 is 0 Å². The van der Waals surface area contributed by atoms with Crippen molar-refractivity contribution in [1.29, 1.82) is 0 Å². The Hall–Kier alpha value is -2.07. The smallest absolute Gasteiger partial charge is 0.183 e. The van der Waals surface area contributed by atoms with Gasteiger partial charge in [0, 0.05) is 25.4 Å². The number of hydrogen-bond acceptors (Lipinski definition) is 4. The van der Waals surface area contributed by atoms with Gasteiger partial charge in [0.25, 0.3) is 0 Å². The lowest BCUT2D eigenvalue weighted by atomic mass is 10.1. The van der Waals surface area contributed by atoms with Crippen LogP contribution in [0, 0.1) is 6.92 Å². The third-order valence-corrected chi connectivity index (χ3v) is 3.11. The van der Waals surface area contributed by atoms with Crippen molar-refractivity contribution < 1.29 is 9.47 Å². The standard InChI is InChI=1S/C16H20N2O2/c1-12-4-6-13(7-5-12)10-17-11-14-16(20-3)15(19-2)8-9-18-14/h4-9,17H,10-11H2,1-3H3. The summed E-state index contributed by atoms with van der Waals surface area (Å²) < 4.78 is 10.6. The van der Waals surface area contributed by atoms with Crippen molar-refractivity contribution in [2.75, 3.05) is 14.2 Å². The first kappa shape index (κ1) is 14.3. The Labute approximate surface area is 119 Å². The summed E-state index contributed by atoms with van der Waals surface area (Å²) in [5.41, 5.74) is 3.36. The molecule has 106 valence electrons. The molecule has 0 saturated carbocycles. The van der Waals surface area contributed by atoms with Crippen LogP contribution in [0.5, 0.6) is 11.5 Å². The summed E-state index contributed by atoms with van der Waals surface area (Å²) in [6, 6.07) is 10.3. The minimum atomic E-state index is 0.633. The molecule has 0 atom stereocenters. The van der Waals surface area contributed by atoms with Crippen LogP contribution in [0.25, 0.3) is 0 Å². The number of nitrogens with zero attached hydrogens (tertiary/aromatic N) is 1. The fourth-order valence-corrected chi connectivity index (χ4v) is 2.01. The molecule has 0 unspecified atom stereocenters. The topological polar surface area (TPSA) is 43.4 Å². The van der Waals surface area contributed by atoms with E-state index >= 15 is 0 Å². The number of ether oxygens (including phenoxy) is 2. The second-order valence-electron chi connectivity index (χ2n) is 4.58. The van der Waals surface area contributed by atoms with E-state index in [1.165, 1.54) is 11.1 Å². The molecule has 1 aromatic carbocycles. The van der Waals surface area contributed by atoms with Crippen molar-refractivity contribution in [1.82, 2.24) is 10.3 Å². The number of hydrogen-bond donors (Lipinski definition) is 1. The zero-order valence-electron chi connectivity index (χ0n) is 12.1. The van der Waals surface area contributed by atoms with Gasteiger partial charge in [0.2, 0.25) is 0 Å². The molecule has 2 aromatic rings. The van der Waals surface area contributed by atoms with Gasteiger partial charge < -0.3 is 14.8 Å². The highest BCUT2D eigenvalue weighted by molar-refractivity contribution is 5.42. The summed E-state index contributed by atoms with van der Waals surface area (Å²) in [6.45, 7) is 3.51. The van der Waals surface area contributed by atoms with Crippen LogP contribution in [-0.2, 0) is 13.1 Å². The van der Waals surface area contributed by atoms with Crippen molar-refractivity contribution in [2.24, 2.45) is 0 Å². The minimum absolute atomic E-state index is 0.633. The second-order valence-corrected chi connectivity index (χ2v) is 4.58. The molecule has 4 heteroatoms. The zero-order chi connectivity index (χ0) is 14.4. The van der Waals surface area contributed by atoms with Crippen LogP contribution < -0.4 is 14.8 Å². The second kappa shape index (κ2) is 6.91. The lowest BCUT2D eigenvalue weighted by Crippen LogP contribution is -2.14. The number of aryl methyl sites for hydroxylation is 1. The summed E-state index contributed by atoms with van der Waals surface area (Å²) in [5.74, 6) is 1.39. The van der Waals surface area contributed by atoms with E-state index < -0.39 is 0 Å². The van der Waals surface area contributed by atoms with Crippen LogP contribution in [0.1, 0.15) is 16.8 Å². The van der Waals surface area contributed by atoms with Gasteiger partial charge in [0.1, 0.15) is 0 Å². The van der Waals surface area contributed by atoms with Gasteiger partial charge in [-0.2, -0.15) is 0 Å². The first-order chi connectivity index (χ1) is 9.74. The third-order valence-electron chi connectivity index (χ3n) is 3.11. The highest BCUT2D eigenvalue weighted by atomic mass is 16.5. The predicted octanol–water partition coefficient (Wildman–Crippen LogP) is 2.70. The fraction of sp³-hybridized carbons (Fsp3) is 0.312. The summed E-state index contributed by atoms with van der Waals surface area (Å²) in [4.78, 5) is 4.34. The number of rotatable bonds is 6. The Morgan fingerprint density at radius 1 is 1.00 bits per heavy atom. The van der Waals surface area contributed by atoms with Crippen molar-refractivity contribution in [3.05, 3.63) is 53.3 Å². The van der Waals surface area contributed by atoms with Crippen LogP contribution in [-0.4, -0.2) is 19.2 Å². The molecule has 2 rings (SSSR count). The lowest BCUT2D eigenvalue weighted by Gasteiger charge is -2.12. The predicted molar refractivity (Wildman–Crippen MR) is 79.1 cm³/mol. The lowest BCUT2D eigenvalue weighted by molar-refractivity contribution is 0.348. The molecular weight excluding hydrogens is 252 g/mol. The van der Waals surface area contributed by atoms with Gasteiger partial charge in [0.15, 0.2) is 11.5 Å². The molecule has 0 amide bonds. The Kier molecular flexibility index (Phi) is 4.96. The molecule has 1 N–H and O–H groups in total. The molecule has 0 aliphatic rings. The SMILES string of the molecule is COc1ccnc(CNCc2ccc(C)cc2)c1OC. The van der Waals surface area contributed by atoms with Gasteiger partial charge in [-0.05, 0) is 12.5 Å². The molecule has 0 saturated heterocycles. The van der Waals surface area contributed by atoms with Crippen molar-refractivity contribution in [2.45, 2.75) is 20.0 Å². The first-order valence-electron chi connectivity index (χ1n) is 6.56. The normalized spacial score (nSPS) is 10.3. The Morgan fingerprint density at radius 3 is 2.40 bits per heavy atom. The van der Waals surface area contributed by atoms with Crippen LogP contribution in [0.4, 0.5) is 0 Å². The monoisotopic (exact) mass is 272 g/mol. The highest BCUT2D eigenvalue weighted by Gasteiger charge is 2.10. The van der Waals surface area contributed by atoms with E-state index in [4.69, 9.17) is 9.47 Å². The number of methoxy groups -OCH3 is 2. The molecule has 4 nitrogen and oxygen atoms in total. The maximum atomic E-state index is 5.36. The summed E-state index contributed by atoms with van der Waals surface area (Å²) in [6.07, 6.45) is 1.73. The van der Waals surface area contributed by atoms with E-state index in [-0.39, 0.29) is 0 Å². The number of nitrogens with one attached hydrogen (secondary N) is 1. The minimum Gasteiger partial charge on any atom is -0.493 e. The first-order valence-corrected chi connectivity index (χ1v) is 6.56. The van der Waals surface area contributed by atoms with E-state index in [1.807, 2.05) is 0 Å². The van der Waals surface area contributed by atoms with Crippen LogP contribution in [0.15, 0.2) is 36.5 Å². The molecule has 0 bridgehead atoms. The van der Waals surface area contributed by atoms with Crippen LogP contribution in [0.2, 0.25) is 0 Å². The van der Waals surface area contributed by atoms with E-state index in [9.17, 15) is 0 Å². The Bertz CT molecular complexity index is 553. The van der Waals surface area contributed by atoms with Crippen LogP contribution in [0.3, 0.4) is 0 Å². The number of aromatic nitrogens is 1. The fourth-order valence-electron chi connectivity index (χ4n) is 2.01. The van der Waals surface area contributed by atoms with Crippen molar-refractivity contribution in [3.8, 4) is 11.5 Å². The summed E-state index contributed by atoms with van der Waals surface area (Å²) in [5, 5.41) is 3.37. The van der Waals surface area contributed by atoms with E-state index in [2.05, 4.69) is 41.5 Å². The molecule has 0 aliphatic carbocycles. The average molecular weight is 272 g/mol.